The van der Waals surface area contributed by atoms with Gasteiger partial charge < -0.3 is 4.42 Å². The van der Waals surface area contributed by atoms with Crippen molar-refractivity contribution in [2.75, 3.05) is 5.32 Å². The highest BCUT2D eigenvalue weighted by Gasteiger charge is 2.18. The normalized spacial score (nSPS) is 11.2. The fraction of sp³-hybridized carbons (Fsp3) is 0.375. The predicted octanol–water partition coefficient (Wildman–Crippen LogP) is 2.90. The molecule has 0 unspecified atom stereocenters. The van der Waals surface area contributed by atoms with Crippen LogP contribution < -0.4 is 11.1 Å². The molecule has 2 aromatic heterocycles. The second-order valence-corrected chi connectivity index (χ2v) is 6.88. The van der Waals surface area contributed by atoms with E-state index in [0.29, 0.717) is 16.6 Å². The zero-order chi connectivity index (χ0) is 19.6. The number of hydrogen-bond acceptors (Lipinski definition) is 8. The molecule has 3 aromatic rings. The van der Waals surface area contributed by atoms with Crippen LogP contribution in [0.5, 0.6) is 0 Å². The van der Waals surface area contributed by atoms with E-state index in [1.54, 1.807) is 0 Å². The predicted molar refractivity (Wildman–Crippen MR) is 99.0 cm³/mol. The highest BCUT2D eigenvalue weighted by Crippen LogP contribution is 2.28. The zero-order valence-electron chi connectivity index (χ0n) is 14.7. The van der Waals surface area contributed by atoms with Gasteiger partial charge in [-0.3, -0.25) is 24.8 Å². The lowest BCUT2D eigenvalue weighted by Gasteiger charge is -2.05. The Balaban J connectivity index is 1.77. The van der Waals surface area contributed by atoms with E-state index >= 15 is 0 Å². The van der Waals surface area contributed by atoms with Crippen molar-refractivity contribution < 1.29 is 14.1 Å². The highest BCUT2D eigenvalue weighted by atomic mass is 32.1. The number of nitrogens with zero attached hydrogens (tertiary/aromatic N) is 4. The highest BCUT2D eigenvalue weighted by molar-refractivity contribution is 7.15. The van der Waals surface area contributed by atoms with E-state index in [9.17, 15) is 19.7 Å². The third-order valence-corrected chi connectivity index (χ3v) is 5.19. The number of benzene rings is 1. The number of nitro benzene ring substituents is 1. The summed E-state index contributed by atoms with van der Waals surface area (Å²) < 4.78 is 6.11. The van der Waals surface area contributed by atoms with Gasteiger partial charge in [0.15, 0.2) is 5.58 Å². The van der Waals surface area contributed by atoms with Gasteiger partial charge in [-0.1, -0.05) is 25.2 Å². The summed E-state index contributed by atoms with van der Waals surface area (Å²) in [6.45, 7) is 3.83. The summed E-state index contributed by atoms with van der Waals surface area (Å²) in [5.74, 6) is -0.939. The topological polar surface area (TPSA) is 133 Å². The third kappa shape index (κ3) is 3.87. The first-order valence-corrected chi connectivity index (χ1v) is 9.15. The van der Waals surface area contributed by atoms with Crippen molar-refractivity contribution in [3.8, 4) is 0 Å². The number of oxazole rings is 1. The van der Waals surface area contributed by atoms with Crippen LogP contribution >= 0.6 is 11.3 Å². The number of rotatable bonds is 7. The Hall–Kier alpha value is -3.08. The van der Waals surface area contributed by atoms with Crippen LogP contribution in [0.15, 0.2) is 27.4 Å². The maximum atomic E-state index is 12.3. The largest absolute Gasteiger partial charge is 0.420 e. The molecule has 11 heteroatoms. The number of nitrogens with one attached hydrogen (secondary N) is 1. The van der Waals surface area contributed by atoms with E-state index in [-0.39, 0.29) is 17.8 Å². The molecule has 0 bridgehead atoms. The van der Waals surface area contributed by atoms with Crippen molar-refractivity contribution in [3.63, 3.8) is 0 Å². The van der Waals surface area contributed by atoms with Crippen molar-refractivity contribution in [1.29, 1.82) is 0 Å². The summed E-state index contributed by atoms with van der Waals surface area (Å²) >= 11 is 1.30. The zero-order valence-corrected chi connectivity index (χ0v) is 15.5. The van der Waals surface area contributed by atoms with Crippen molar-refractivity contribution in [2.45, 2.75) is 39.2 Å². The molecule has 1 amide bonds. The molecule has 0 saturated heterocycles. The summed E-state index contributed by atoms with van der Waals surface area (Å²) in [7, 11) is 0. The molecular formula is C16H17N5O5S. The summed E-state index contributed by atoms with van der Waals surface area (Å²) in [6, 6.07) is 3.78. The van der Waals surface area contributed by atoms with E-state index in [4.69, 9.17) is 4.42 Å². The van der Waals surface area contributed by atoms with Crippen LogP contribution in [0, 0.1) is 10.1 Å². The quantitative estimate of drug-likeness (QED) is 0.483. The van der Waals surface area contributed by atoms with Gasteiger partial charge in [0.1, 0.15) is 11.6 Å². The summed E-state index contributed by atoms with van der Waals surface area (Å²) in [4.78, 5) is 34.5. The second-order valence-electron chi connectivity index (χ2n) is 5.87. The van der Waals surface area contributed by atoms with E-state index in [0.717, 1.165) is 28.5 Å². The van der Waals surface area contributed by atoms with Crippen LogP contribution in [0.4, 0.5) is 10.8 Å². The maximum Gasteiger partial charge on any atom is 0.420 e. The number of anilines is 1. The molecule has 27 heavy (non-hydrogen) atoms. The van der Waals surface area contributed by atoms with E-state index < -0.39 is 16.6 Å². The Morgan fingerprint density at radius 3 is 2.78 bits per heavy atom. The number of nitro groups is 1. The molecule has 0 radical (unpaired) electrons. The van der Waals surface area contributed by atoms with Crippen molar-refractivity contribution in [3.05, 3.63) is 43.9 Å². The minimum absolute atomic E-state index is 0.0499. The molecule has 1 aromatic carbocycles. The number of aromatic nitrogens is 3. The average Bonchev–Trinajstić information content (AvgIpc) is 3.20. The maximum absolute atomic E-state index is 12.3. The SMILES string of the molecule is CCC(CC)c1nnc(NC(=O)Cn2c(=O)oc3cc([N+](=O)[O-])ccc32)s1. The lowest BCUT2D eigenvalue weighted by molar-refractivity contribution is -0.384. The molecule has 0 aliphatic heterocycles. The molecule has 0 atom stereocenters. The van der Waals surface area contributed by atoms with Gasteiger partial charge in [-0.2, -0.15) is 0 Å². The number of non-ortho nitro benzene ring substituents is 1. The van der Waals surface area contributed by atoms with Gasteiger partial charge in [0, 0.05) is 12.0 Å². The Bertz CT molecular complexity index is 1050. The number of hydrogen-bond donors (Lipinski definition) is 1. The molecule has 0 aliphatic carbocycles. The van der Waals surface area contributed by atoms with Gasteiger partial charge in [0.2, 0.25) is 11.0 Å². The fourth-order valence-corrected chi connectivity index (χ4v) is 3.73. The van der Waals surface area contributed by atoms with Gasteiger partial charge in [0.05, 0.1) is 16.5 Å². The van der Waals surface area contributed by atoms with E-state index in [2.05, 4.69) is 29.4 Å². The monoisotopic (exact) mass is 391 g/mol. The smallest absolute Gasteiger partial charge is 0.407 e. The molecular weight excluding hydrogens is 374 g/mol. The van der Waals surface area contributed by atoms with Gasteiger partial charge >= 0.3 is 5.76 Å². The van der Waals surface area contributed by atoms with Crippen molar-refractivity contribution in [2.24, 2.45) is 0 Å². The van der Waals surface area contributed by atoms with Crippen molar-refractivity contribution in [1.82, 2.24) is 14.8 Å². The van der Waals surface area contributed by atoms with Crippen LogP contribution in [-0.2, 0) is 11.3 Å². The Morgan fingerprint density at radius 1 is 1.37 bits per heavy atom. The molecule has 1 N–H and O–H groups in total. The first-order valence-electron chi connectivity index (χ1n) is 8.34. The molecule has 2 heterocycles. The van der Waals surface area contributed by atoms with Crippen LogP contribution in [0.25, 0.3) is 11.1 Å². The fourth-order valence-electron chi connectivity index (χ4n) is 2.71. The number of amides is 1. The summed E-state index contributed by atoms with van der Waals surface area (Å²) in [6.07, 6.45) is 1.86. The summed E-state index contributed by atoms with van der Waals surface area (Å²) in [5.41, 5.74) is 0.153. The molecule has 142 valence electrons. The van der Waals surface area contributed by atoms with Gasteiger partial charge in [0.25, 0.3) is 5.69 Å². The molecule has 0 saturated carbocycles. The molecule has 3 rings (SSSR count). The minimum Gasteiger partial charge on any atom is -0.407 e. The Morgan fingerprint density at radius 2 is 2.11 bits per heavy atom. The van der Waals surface area contributed by atoms with Crippen LogP contribution in [0.2, 0.25) is 0 Å². The molecule has 0 spiro atoms. The van der Waals surface area contributed by atoms with Gasteiger partial charge in [-0.05, 0) is 18.9 Å². The molecule has 0 fully saturated rings. The first-order chi connectivity index (χ1) is 12.9. The number of carbonyl (C=O) groups excluding carboxylic acids is 1. The van der Waals surface area contributed by atoms with E-state index in [1.807, 2.05) is 0 Å². The first kappa shape index (κ1) is 18.7. The standard InChI is InChI=1S/C16H17N5O5S/c1-3-9(4-2)14-18-19-15(27-14)17-13(22)8-20-11-6-5-10(21(24)25)7-12(11)26-16(20)23/h5-7,9H,3-4,8H2,1-2H3,(H,17,19,22). The molecule has 10 nitrogen and oxygen atoms in total. The Labute approximate surface area is 157 Å². The number of fused-ring (bicyclic) bond motifs is 1. The van der Waals surface area contributed by atoms with Gasteiger partial charge in [-0.15, -0.1) is 10.2 Å². The van der Waals surface area contributed by atoms with Crippen LogP contribution in [0.1, 0.15) is 37.6 Å². The second kappa shape index (κ2) is 7.66. The van der Waals surface area contributed by atoms with Crippen LogP contribution in [-0.4, -0.2) is 25.6 Å². The average molecular weight is 391 g/mol. The molecule has 0 aliphatic rings. The lowest BCUT2D eigenvalue weighted by atomic mass is 10.1. The van der Waals surface area contributed by atoms with Crippen LogP contribution in [0.3, 0.4) is 0 Å². The lowest BCUT2D eigenvalue weighted by Crippen LogP contribution is -2.24. The number of carbonyl (C=O) groups is 1. The summed E-state index contributed by atoms with van der Waals surface area (Å²) in [5, 5.41) is 22.7. The van der Waals surface area contributed by atoms with E-state index in [1.165, 1.54) is 23.5 Å². The Kier molecular flexibility index (Phi) is 5.31. The van der Waals surface area contributed by atoms with Crippen molar-refractivity contribution >= 4 is 39.2 Å². The minimum atomic E-state index is -0.768. The van der Waals surface area contributed by atoms with Gasteiger partial charge in [-0.25, -0.2) is 4.79 Å². The third-order valence-electron chi connectivity index (χ3n) is 4.19.